The smallest absolute Gasteiger partial charge is 0.251 e. The predicted octanol–water partition coefficient (Wildman–Crippen LogP) is 3.81. The summed E-state index contributed by atoms with van der Waals surface area (Å²) < 4.78 is 25.5. The van der Waals surface area contributed by atoms with Gasteiger partial charge in [-0.05, 0) is 56.7 Å². The molecule has 0 fully saturated rings. The fraction of sp³-hybridized carbons (Fsp3) is 0.250. The second-order valence-corrected chi connectivity index (χ2v) is 11.1. The van der Waals surface area contributed by atoms with Crippen molar-refractivity contribution in [2.45, 2.75) is 36.8 Å². The Morgan fingerprint density at radius 3 is 2.43 bits per heavy atom. The molecule has 1 heterocycles. The zero-order valence-electron chi connectivity index (χ0n) is 20.2. The minimum absolute atomic E-state index is 0.0939. The lowest BCUT2D eigenvalue weighted by Gasteiger charge is -2.15. The van der Waals surface area contributed by atoms with Gasteiger partial charge in [0.15, 0.2) is 15.7 Å². The van der Waals surface area contributed by atoms with Gasteiger partial charge in [-0.3, -0.25) is 14.8 Å². The number of aromatic nitrogens is 2. The molecule has 0 saturated carbocycles. The van der Waals surface area contributed by atoms with Crippen molar-refractivity contribution in [3.8, 4) is 0 Å². The fourth-order valence-corrected chi connectivity index (χ4v) is 4.50. The molecule has 0 aliphatic heterocycles. The molecule has 37 heavy (non-hydrogen) atoms. The number of nitrogens with one attached hydrogen (secondary N) is 4. The first-order chi connectivity index (χ1) is 17.6. The molecule has 3 rings (SSSR count). The van der Waals surface area contributed by atoms with Crippen molar-refractivity contribution in [2.75, 3.05) is 17.2 Å². The lowest BCUT2D eigenvalue weighted by molar-refractivity contribution is -0.129. The maximum absolute atomic E-state index is 12.8. The summed E-state index contributed by atoms with van der Waals surface area (Å²) in [5.41, 5.74) is 2.90. The lowest BCUT2D eigenvalue weighted by atomic mass is 10.2. The largest absolute Gasteiger partial charge is 0.352 e. The number of carbonyl (C=O) groups excluding carboxylic acids is 2. The van der Waals surface area contributed by atoms with Crippen molar-refractivity contribution < 1.29 is 23.2 Å². The van der Waals surface area contributed by atoms with Gasteiger partial charge in [-0.2, -0.15) is 4.98 Å². The number of hydroxylamine groups is 1. The van der Waals surface area contributed by atoms with E-state index in [4.69, 9.17) is 16.8 Å². The summed E-state index contributed by atoms with van der Waals surface area (Å²) in [5.74, 6) is -0.399. The summed E-state index contributed by atoms with van der Waals surface area (Å²) in [5, 5.41) is 16.8. The highest BCUT2D eigenvalue weighted by Gasteiger charge is 2.23. The zero-order valence-corrected chi connectivity index (χ0v) is 21.7. The van der Waals surface area contributed by atoms with E-state index < -0.39 is 21.0 Å². The Hall–Kier alpha value is -3.74. The van der Waals surface area contributed by atoms with E-state index in [1.54, 1.807) is 56.3 Å². The van der Waals surface area contributed by atoms with Gasteiger partial charge >= 0.3 is 0 Å². The second-order valence-electron chi connectivity index (χ2n) is 8.20. The number of carbonyl (C=O) groups is 2. The molecule has 0 bridgehead atoms. The van der Waals surface area contributed by atoms with Crippen LogP contribution < -0.4 is 21.4 Å². The van der Waals surface area contributed by atoms with Crippen LogP contribution >= 0.6 is 11.6 Å². The van der Waals surface area contributed by atoms with Gasteiger partial charge in [-0.15, -0.1) is 0 Å². The Kier molecular flexibility index (Phi) is 9.39. The van der Waals surface area contributed by atoms with Crippen LogP contribution in [-0.4, -0.2) is 47.2 Å². The Morgan fingerprint density at radius 1 is 1.05 bits per heavy atom. The van der Waals surface area contributed by atoms with E-state index in [0.717, 1.165) is 0 Å². The third kappa shape index (κ3) is 7.38. The molecule has 0 aliphatic rings. The molecule has 0 spiro atoms. The highest BCUT2D eigenvalue weighted by Crippen LogP contribution is 2.30. The molecule has 13 heteroatoms. The molecule has 2 amide bonds. The molecule has 0 saturated heterocycles. The van der Waals surface area contributed by atoms with Crippen molar-refractivity contribution in [1.82, 2.24) is 20.8 Å². The minimum Gasteiger partial charge on any atom is -0.352 e. The summed E-state index contributed by atoms with van der Waals surface area (Å²) in [6.07, 6.45) is 1.87. The normalized spacial score (nSPS) is 11.2. The number of sulfone groups is 1. The lowest BCUT2D eigenvalue weighted by Crippen LogP contribution is -2.26. The molecule has 3 aromatic rings. The minimum atomic E-state index is -3.55. The molecule has 0 unspecified atom stereocenters. The van der Waals surface area contributed by atoms with Gasteiger partial charge in [0.05, 0.1) is 22.0 Å². The summed E-state index contributed by atoms with van der Waals surface area (Å²) in [6.45, 7) is 3.50. The van der Waals surface area contributed by atoms with E-state index >= 15 is 0 Å². The first-order valence-corrected chi connectivity index (χ1v) is 13.2. The molecule has 11 nitrogen and oxygen atoms in total. The van der Waals surface area contributed by atoms with Crippen molar-refractivity contribution in [3.05, 3.63) is 65.3 Å². The average molecular weight is 547 g/mol. The molecular formula is C24H27ClN6O5S. The molecule has 1 aromatic heterocycles. The Bertz CT molecular complexity index is 1370. The van der Waals surface area contributed by atoms with Crippen LogP contribution in [0, 0.1) is 0 Å². The van der Waals surface area contributed by atoms with Crippen LogP contribution in [-0.2, 0) is 14.6 Å². The molecular weight excluding hydrogens is 520 g/mol. The number of para-hydroxylation sites is 1. The van der Waals surface area contributed by atoms with E-state index in [1.807, 2.05) is 0 Å². The van der Waals surface area contributed by atoms with Gasteiger partial charge in [0.2, 0.25) is 11.9 Å². The summed E-state index contributed by atoms with van der Waals surface area (Å²) in [6, 6.07) is 13.1. The molecule has 2 aromatic carbocycles. The molecule has 0 radical (unpaired) electrons. The summed E-state index contributed by atoms with van der Waals surface area (Å²) >= 11 is 6.27. The highest BCUT2D eigenvalue weighted by atomic mass is 35.5. The maximum atomic E-state index is 12.8. The monoisotopic (exact) mass is 546 g/mol. The van der Waals surface area contributed by atoms with Gasteiger partial charge in [0, 0.05) is 24.2 Å². The molecule has 196 valence electrons. The fourth-order valence-electron chi connectivity index (χ4n) is 3.16. The zero-order chi connectivity index (χ0) is 27.0. The van der Waals surface area contributed by atoms with Gasteiger partial charge in [-0.25, -0.2) is 18.9 Å². The van der Waals surface area contributed by atoms with Crippen LogP contribution in [0.3, 0.4) is 0 Å². The van der Waals surface area contributed by atoms with Crippen molar-refractivity contribution in [2.24, 2.45) is 0 Å². The summed E-state index contributed by atoms with van der Waals surface area (Å²) in [7, 11) is -3.55. The number of rotatable bonds is 11. The third-order valence-corrected chi connectivity index (χ3v) is 7.69. The van der Waals surface area contributed by atoms with Crippen molar-refractivity contribution in [1.29, 1.82) is 0 Å². The number of hydrogen-bond acceptors (Lipinski definition) is 9. The first-order valence-electron chi connectivity index (χ1n) is 11.3. The van der Waals surface area contributed by atoms with Gasteiger partial charge in [0.1, 0.15) is 5.02 Å². The van der Waals surface area contributed by atoms with Gasteiger partial charge in [-0.1, -0.05) is 23.7 Å². The van der Waals surface area contributed by atoms with Crippen molar-refractivity contribution in [3.63, 3.8) is 0 Å². The molecule has 0 aliphatic carbocycles. The van der Waals surface area contributed by atoms with Crippen LogP contribution in [0.15, 0.2) is 59.6 Å². The van der Waals surface area contributed by atoms with Crippen LogP contribution in [0.25, 0.3) is 0 Å². The van der Waals surface area contributed by atoms with E-state index in [0.29, 0.717) is 23.4 Å². The van der Waals surface area contributed by atoms with E-state index in [9.17, 15) is 18.0 Å². The van der Waals surface area contributed by atoms with Crippen LogP contribution in [0.1, 0.15) is 37.0 Å². The van der Waals surface area contributed by atoms with Crippen LogP contribution in [0.4, 0.5) is 23.1 Å². The SMILES string of the molecule is CC(C)S(=O)(=O)c1ccccc1Nc1nc(Nc2ccc(C(=O)NCCCC(=O)NO)cc2)ncc1Cl. The standard InChI is InChI=1S/C24H27ClN6O5S/c1-15(2)37(35,36)20-7-4-3-6-19(20)29-22-18(25)14-27-24(30-22)28-17-11-9-16(10-12-17)23(33)26-13-5-8-21(32)31-34/h3-4,6-7,9-12,14-15,34H,5,8,13H2,1-2H3,(H,26,33)(H,31,32)(H2,27,28,29,30). The number of amides is 2. The van der Waals surface area contributed by atoms with Crippen molar-refractivity contribution >= 4 is 56.4 Å². The second kappa shape index (κ2) is 12.5. The first kappa shape index (κ1) is 27.8. The van der Waals surface area contributed by atoms with E-state index in [1.165, 1.54) is 17.7 Å². The maximum Gasteiger partial charge on any atom is 0.251 e. The Morgan fingerprint density at radius 2 is 1.76 bits per heavy atom. The summed E-state index contributed by atoms with van der Waals surface area (Å²) in [4.78, 5) is 31.9. The topological polar surface area (TPSA) is 162 Å². The highest BCUT2D eigenvalue weighted by molar-refractivity contribution is 7.92. The Balaban J connectivity index is 1.69. The quantitative estimate of drug-likeness (QED) is 0.137. The van der Waals surface area contributed by atoms with E-state index in [2.05, 4.69) is 25.9 Å². The molecule has 0 atom stereocenters. The van der Waals surface area contributed by atoms with Crippen LogP contribution in [0.5, 0.6) is 0 Å². The van der Waals surface area contributed by atoms with Gasteiger partial charge < -0.3 is 16.0 Å². The number of anilines is 4. The number of nitrogens with zero attached hydrogens (tertiary/aromatic N) is 2. The molecule has 5 N–H and O–H groups in total. The average Bonchev–Trinajstić information content (AvgIpc) is 2.88. The number of halogens is 1. The van der Waals surface area contributed by atoms with Gasteiger partial charge in [0.25, 0.3) is 5.91 Å². The van der Waals surface area contributed by atoms with Crippen LogP contribution in [0.2, 0.25) is 5.02 Å². The third-order valence-electron chi connectivity index (χ3n) is 5.21. The predicted molar refractivity (Wildman–Crippen MR) is 140 cm³/mol. The number of hydrogen-bond donors (Lipinski definition) is 5. The van der Waals surface area contributed by atoms with E-state index in [-0.39, 0.29) is 40.6 Å². The number of benzene rings is 2. The Labute approximate surface area is 219 Å².